The minimum Gasteiger partial charge on any atom is -0.468 e. The minimum atomic E-state index is -1.84. The number of ether oxygens (including phenoxy) is 8. The lowest BCUT2D eigenvalue weighted by atomic mass is 9.83. The molecule has 25 nitrogen and oxygen atoms in total. The molecule has 0 unspecified atom stereocenters. The molecule has 10 atom stereocenters. The van der Waals surface area contributed by atoms with Crippen molar-refractivity contribution in [2.24, 2.45) is 0 Å². The Morgan fingerprint density at radius 3 is 2.07 bits per heavy atom. The molecule has 0 aromatic heterocycles. The van der Waals surface area contributed by atoms with Crippen LogP contribution in [0.25, 0.3) is 0 Å². The number of aliphatic hydroxyl groups is 4. The van der Waals surface area contributed by atoms with Crippen LogP contribution >= 0.6 is 0 Å². The van der Waals surface area contributed by atoms with Crippen LogP contribution in [0.3, 0.4) is 0 Å². The third-order valence-electron chi connectivity index (χ3n) is 10.4. The number of likely N-dealkylation sites (N-methyl/N-ethyl adjacent to an activating group) is 1. The van der Waals surface area contributed by atoms with Gasteiger partial charge in [0.2, 0.25) is 5.91 Å². The molecule has 1 heterocycles. The van der Waals surface area contributed by atoms with Crippen LogP contribution in [0, 0.1) is 10.1 Å². The Kier molecular flexibility index (Phi) is 22.5. The fourth-order valence-corrected chi connectivity index (χ4v) is 6.94. The molecule has 0 saturated heterocycles. The summed E-state index contributed by atoms with van der Waals surface area (Å²) < 4.78 is 46.0. The summed E-state index contributed by atoms with van der Waals surface area (Å²) in [5.41, 5.74) is -2.31. The van der Waals surface area contributed by atoms with Crippen molar-refractivity contribution in [1.29, 1.82) is 0 Å². The van der Waals surface area contributed by atoms with E-state index in [4.69, 9.17) is 37.9 Å². The highest BCUT2D eigenvalue weighted by Crippen LogP contribution is 2.32. The van der Waals surface area contributed by atoms with E-state index in [2.05, 4.69) is 21.3 Å². The number of allylic oxidation sites excluding steroid dienone is 1. The lowest BCUT2D eigenvalue weighted by Crippen LogP contribution is -2.68. The fourth-order valence-electron chi connectivity index (χ4n) is 6.94. The van der Waals surface area contributed by atoms with E-state index in [1.54, 1.807) is 68.4 Å². The number of rotatable bonds is 21. The van der Waals surface area contributed by atoms with Gasteiger partial charge in [-0.05, 0) is 112 Å². The van der Waals surface area contributed by atoms with Crippen molar-refractivity contribution in [2.75, 3.05) is 33.4 Å². The lowest BCUT2D eigenvalue weighted by Gasteiger charge is -2.47. The van der Waals surface area contributed by atoms with Gasteiger partial charge in [-0.3, -0.25) is 14.9 Å². The third kappa shape index (κ3) is 21.0. The zero-order valence-electron chi connectivity index (χ0n) is 42.3. The summed E-state index contributed by atoms with van der Waals surface area (Å²) >= 11 is 0. The van der Waals surface area contributed by atoms with E-state index in [0.29, 0.717) is 12.0 Å². The molecule has 1 saturated carbocycles. The number of carbonyl (C=O) groups excluding carboxylic acids is 5. The molecule has 1 aliphatic heterocycles. The van der Waals surface area contributed by atoms with Crippen LogP contribution in [0.5, 0.6) is 0 Å². The maximum Gasteiger partial charge on any atom is 0.410 e. The monoisotopic (exact) mass is 1010 g/mol. The van der Waals surface area contributed by atoms with Gasteiger partial charge in [0.25, 0.3) is 5.69 Å². The second-order valence-electron chi connectivity index (χ2n) is 20.0. The van der Waals surface area contributed by atoms with Crippen molar-refractivity contribution < 1.29 is 87.2 Å². The molecule has 0 spiro atoms. The van der Waals surface area contributed by atoms with Gasteiger partial charge in [0, 0.05) is 32.1 Å². The molecule has 71 heavy (non-hydrogen) atoms. The van der Waals surface area contributed by atoms with Gasteiger partial charge in [-0.1, -0.05) is 0 Å². The molecular weight excluding hydrogens is 941 g/mol. The number of nitrogens with zero attached hydrogens (tertiary/aromatic N) is 2. The van der Waals surface area contributed by atoms with Crippen LogP contribution in [0.4, 0.5) is 24.9 Å². The van der Waals surface area contributed by atoms with Gasteiger partial charge in [0.05, 0.1) is 42.8 Å². The van der Waals surface area contributed by atoms with Gasteiger partial charge in [0.1, 0.15) is 59.7 Å². The summed E-state index contributed by atoms with van der Waals surface area (Å²) in [6, 6.07) is 1.85. The van der Waals surface area contributed by atoms with Gasteiger partial charge in [-0.25, -0.2) is 19.2 Å². The number of amides is 5. The topological polar surface area (TPSA) is 335 Å². The van der Waals surface area contributed by atoms with Crippen molar-refractivity contribution in [2.45, 2.75) is 180 Å². The van der Waals surface area contributed by atoms with Crippen LogP contribution < -0.4 is 21.3 Å². The Labute approximate surface area is 413 Å². The van der Waals surface area contributed by atoms with E-state index in [-0.39, 0.29) is 50.4 Å². The molecule has 5 amide bonds. The Hall–Kier alpha value is -5.57. The number of hydrogen-bond donors (Lipinski definition) is 8. The fraction of sp³-hybridized carbons (Fsp3) is 0.717. The number of hydrogen-bond acceptors (Lipinski definition) is 19. The molecule has 25 heteroatoms. The normalized spacial score (nSPS) is 22.2. The number of non-ortho nitro benzene ring substituents is 1. The van der Waals surface area contributed by atoms with E-state index >= 15 is 0 Å². The lowest BCUT2D eigenvalue weighted by molar-refractivity contribution is -0.384. The number of aliphatic hydroxyl groups excluding tert-OH is 4. The predicted octanol–water partition coefficient (Wildman–Crippen LogP) is 2.98. The number of nitro groups is 1. The zero-order chi connectivity index (χ0) is 53.4. The zero-order valence-corrected chi connectivity index (χ0v) is 42.3. The molecule has 0 radical (unpaired) electrons. The first-order valence-corrected chi connectivity index (χ1v) is 23.3. The molecule has 2 aliphatic rings. The highest BCUT2D eigenvalue weighted by Gasteiger charge is 2.50. The Morgan fingerprint density at radius 1 is 0.873 bits per heavy atom. The highest BCUT2D eigenvalue weighted by atomic mass is 16.7. The molecule has 1 aromatic carbocycles. The SMILES string of the molecule is C[C@@H]([C@@H](O)[C@H](OCCO)O[C@@H]1[C@@H](O)[C@H](O[C@@H]2CCC=C(CNC(=O)OCc3ccc([N+](=O)[O-])cc3)O2)[C@@H](NC(=O)OC(C)(C)C)C[C@H]1NC(=O)[C@@H](O)CCNC(=O)OC(C)(C)C)N(C)C(=O)OC(C)(C)C. The molecule has 8 N–H and O–H groups in total. The number of carbonyl (C=O) groups is 5. The van der Waals surface area contributed by atoms with Crippen molar-refractivity contribution in [3.05, 3.63) is 51.8 Å². The summed E-state index contributed by atoms with van der Waals surface area (Å²) in [4.78, 5) is 76.5. The summed E-state index contributed by atoms with van der Waals surface area (Å²) in [5, 5.41) is 66.2. The third-order valence-corrected chi connectivity index (χ3v) is 10.4. The average Bonchev–Trinajstić information content (AvgIpc) is 3.26. The molecule has 0 bridgehead atoms. The largest absolute Gasteiger partial charge is 0.468 e. The maximum atomic E-state index is 13.7. The average molecular weight is 1020 g/mol. The van der Waals surface area contributed by atoms with E-state index in [9.17, 15) is 54.5 Å². The number of alkyl carbamates (subject to hydrolysis) is 3. The second kappa shape index (κ2) is 26.8. The summed E-state index contributed by atoms with van der Waals surface area (Å²) in [7, 11) is 1.37. The van der Waals surface area contributed by atoms with Gasteiger partial charge < -0.3 is 84.5 Å². The van der Waals surface area contributed by atoms with Crippen molar-refractivity contribution in [3.8, 4) is 0 Å². The first-order valence-electron chi connectivity index (χ1n) is 23.3. The predicted molar refractivity (Wildman–Crippen MR) is 250 cm³/mol. The smallest absolute Gasteiger partial charge is 0.410 e. The number of nitrogens with one attached hydrogen (secondary N) is 4. The molecule has 1 aromatic rings. The van der Waals surface area contributed by atoms with Crippen molar-refractivity contribution in [3.63, 3.8) is 0 Å². The Bertz CT molecular complexity index is 1950. The number of nitro benzene ring substituents is 1. The van der Waals surface area contributed by atoms with Crippen LogP contribution in [-0.2, 0) is 49.3 Å². The van der Waals surface area contributed by atoms with E-state index < -0.39 is 126 Å². The maximum absolute atomic E-state index is 13.7. The van der Waals surface area contributed by atoms with Crippen LogP contribution in [0.2, 0.25) is 0 Å². The highest BCUT2D eigenvalue weighted by molar-refractivity contribution is 5.81. The molecule has 1 aliphatic carbocycles. The van der Waals surface area contributed by atoms with Crippen molar-refractivity contribution >= 4 is 36.0 Å². The second-order valence-corrected chi connectivity index (χ2v) is 20.0. The molecule has 1 fully saturated rings. The van der Waals surface area contributed by atoms with Crippen LogP contribution in [0.15, 0.2) is 36.1 Å². The van der Waals surface area contributed by atoms with Gasteiger partial charge in [-0.15, -0.1) is 0 Å². The van der Waals surface area contributed by atoms with E-state index in [1.165, 1.54) is 38.2 Å². The summed E-state index contributed by atoms with van der Waals surface area (Å²) in [5.74, 6) is -0.736. The first-order chi connectivity index (χ1) is 33.0. The standard InChI is InChI=1S/C46H74N6O19/c1-26(51(11)43(61)71-46(8,9)10)34(55)39(64-22-21-53)68-37-30(49-38(57)32(54)19-20-47-41(59)69-44(2,3)4)23-31(50-42(60)70-45(5,6)7)36(35(37)56)67-33-14-12-13-29(66-33)24-48-40(58)65-25-27-15-17-28(18-16-27)52(62)63/h13,15-18,26,30-37,39,53-56H,12,14,19-25H2,1-11H3,(H,47,59)(H,48,58)(H,49,57)(H,50,60)/t26-,30+,31-,32-,33+,34+,35-,36+,37-,39+/m0/s1. The first kappa shape index (κ1) is 59.7. The van der Waals surface area contributed by atoms with E-state index in [0.717, 1.165) is 4.90 Å². The summed E-state index contributed by atoms with van der Waals surface area (Å²) in [6.07, 6.45) is -12.8. The van der Waals surface area contributed by atoms with E-state index in [1.807, 2.05) is 0 Å². The number of benzene rings is 1. The minimum absolute atomic E-state index is 0.124. The van der Waals surface area contributed by atoms with Gasteiger partial charge >= 0.3 is 24.4 Å². The molecule has 3 rings (SSSR count). The van der Waals surface area contributed by atoms with Gasteiger partial charge in [-0.2, -0.15) is 0 Å². The quantitative estimate of drug-likeness (QED) is 0.0380. The Morgan fingerprint density at radius 2 is 1.48 bits per heavy atom. The van der Waals surface area contributed by atoms with Crippen LogP contribution in [0.1, 0.15) is 100 Å². The van der Waals surface area contributed by atoms with Crippen molar-refractivity contribution in [1.82, 2.24) is 26.2 Å². The van der Waals surface area contributed by atoms with Gasteiger partial charge in [0.15, 0.2) is 12.6 Å². The molecule has 402 valence electrons. The van der Waals surface area contributed by atoms with Crippen LogP contribution in [-0.4, -0.2) is 172 Å². The summed E-state index contributed by atoms with van der Waals surface area (Å²) in [6.45, 7) is 14.8. The molecular formula is C46H74N6O19. The Balaban J connectivity index is 1.93.